The van der Waals surface area contributed by atoms with Crippen LogP contribution in [0.5, 0.6) is 11.5 Å². The summed E-state index contributed by atoms with van der Waals surface area (Å²) in [5.74, 6) is 0.530. The van der Waals surface area contributed by atoms with Crippen molar-refractivity contribution in [3.8, 4) is 11.5 Å². The van der Waals surface area contributed by atoms with Crippen LogP contribution in [0.15, 0.2) is 36.4 Å². The smallest absolute Gasteiger partial charge is 0.260 e. The molecule has 0 bridgehead atoms. The van der Waals surface area contributed by atoms with Crippen LogP contribution < -0.4 is 14.4 Å². The SMILES string of the molecule is COc1ccc(OC)c2sc(N(CCCN(C)C)C(=O)c3cccc(F)c3)nc12. The van der Waals surface area contributed by atoms with Gasteiger partial charge >= 0.3 is 0 Å². The molecule has 0 aliphatic rings. The van der Waals surface area contributed by atoms with Crippen LogP contribution in [0.3, 0.4) is 0 Å². The first kappa shape index (κ1) is 21.0. The first-order valence-corrected chi connectivity index (χ1v) is 10.00. The van der Waals surface area contributed by atoms with Crippen LogP contribution >= 0.6 is 11.3 Å². The van der Waals surface area contributed by atoms with Gasteiger partial charge < -0.3 is 14.4 Å². The quantitative estimate of drug-likeness (QED) is 0.553. The number of amides is 1. The molecule has 0 aliphatic carbocycles. The zero-order chi connectivity index (χ0) is 21.0. The van der Waals surface area contributed by atoms with E-state index in [9.17, 15) is 9.18 Å². The Balaban J connectivity index is 2.04. The number of aromatic nitrogens is 1. The third-order valence-corrected chi connectivity index (χ3v) is 5.53. The van der Waals surface area contributed by atoms with Gasteiger partial charge in [-0.1, -0.05) is 17.4 Å². The molecule has 2 aromatic carbocycles. The summed E-state index contributed by atoms with van der Waals surface area (Å²) in [6, 6.07) is 9.31. The number of nitrogens with zero attached hydrogens (tertiary/aromatic N) is 3. The highest BCUT2D eigenvalue weighted by atomic mass is 32.1. The lowest BCUT2D eigenvalue weighted by molar-refractivity contribution is 0.0985. The van der Waals surface area contributed by atoms with E-state index in [2.05, 4.69) is 9.88 Å². The Bertz CT molecular complexity index is 965. The van der Waals surface area contributed by atoms with Crippen molar-refractivity contribution in [1.29, 1.82) is 0 Å². The number of hydrogen-bond donors (Lipinski definition) is 0. The number of carbonyl (C=O) groups excluding carboxylic acids is 1. The van der Waals surface area contributed by atoms with Crippen molar-refractivity contribution in [2.75, 3.05) is 46.3 Å². The van der Waals surface area contributed by atoms with Crippen LogP contribution in [0, 0.1) is 5.82 Å². The van der Waals surface area contributed by atoms with Crippen molar-refractivity contribution in [2.24, 2.45) is 0 Å². The van der Waals surface area contributed by atoms with E-state index in [0.29, 0.717) is 28.7 Å². The van der Waals surface area contributed by atoms with E-state index in [4.69, 9.17) is 9.47 Å². The molecule has 3 rings (SSSR count). The minimum Gasteiger partial charge on any atom is -0.495 e. The van der Waals surface area contributed by atoms with Gasteiger partial charge in [0.05, 0.1) is 14.2 Å². The van der Waals surface area contributed by atoms with Crippen molar-refractivity contribution in [2.45, 2.75) is 6.42 Å². The molecule has 0 saturated carbocycles. The summed E-state index contributed by atoms with van der Waals surface area (Å²) < 4.78 is 25.4. The minimum absolute atomic E-state index is 0.285. The zero-order valence-corrected chi connectivity index (χ0v) is 17.8. The van der Waals surface area contributed by atoms with Gasteiger partial charge in [-0.3, -0.25) is 9.69 Å². The van der Waals surface area contributed by atoms with Gasteiger partial charge in [0.2, 0.25) is 0 Å². The van der Waals surface area contributed by atoms with Crippen LogP contribution in [0.25, 0.3) is 10.2 Å². The molecule has 1 heterocycles. The molecule has 0 atom stereocenters. The summed E-state index contributed by atoms with van der Waals surface area (Å²) in [6.07, 6.45) is 0.748. The van der Waals surface area contributed by atoms with E-state index in [1.807, 2.05) is 20.2 Å². The van der Waals surface area contributed by atoms with Gasteiger partial charge in [-0.25, -0.2) is 9.37 Å². The summed E-state index contributed by atoms with van der Waals surface area (Å²) in [6.45, 7) is 1.27. The molecule has 0 N–H and O–H groups in total. The largest absolute Gasteiger partial charge is 0.495 e. The van der Waals surface area contributed by atoms with Crippen molar-refractivity contribution in [3.05, 3.63) is 47.8 Å². The highest BCUT2D eigenvalue weighted by molar-refractivity contribution is 7.22. The second-order valence-corrected chi connectivity index (χ2v) is 7.75. The number of rotatable bonds is 8. The van der Waals surface area contributed by atoms with Gasteiger partial charge in [0.1, 0.15) is 27.5 Å². The lowest BCUT2D eigenvalue weighted by atomic mass is 10.2. The van der Waals surface area contributed by atoms with E-state index in [1.165, 1.54) is 29.5 Å². The Hall–Kier alpha value is -2.71. The lowest BCUT2D eigenvalue weighted by Crippen LogP contribution is -2.33. The topological polar surface area (TPSA) is 54.9 Å². The van der Waals surface area contributed by atoms with Crippen molar-refractivity contribution in [3.63, 3.8) is 0 Å². The van der Waals surface area contributed by atoms with Gasteiger partial charge in [0, 0.05) is 12.1 Å². The minimum atomic E-state index is -0.447. The second kappa shape index (κ2) is 9.19. The number of ether oxygens (including phenoxy) is 2. The molecule has 1 aromatic heterocycles. The summed E-state index contributed by atoms with van der Waals surface area (Å²) in [5.41, 5.74) is 0.921. The first-order valence-electron chi connectivity index (χ1n) is 9.18. The molecule has 0 aliphatic heterocycles. The molecule has 0 saturated heterocycles. The standard InChI is InChI=1S/C21H24FN3O3S/c1-24(2)11-6-12-25(20(26)14-7-5-8-15(22)13-14)21-23-18-16(27-3)9-10-17(28-4)19(18)29-21/h5,7-10,13H,6,11-12H2,1-4H3. The number of benzene rings is 2. The van der Waals surface area contributed by atoms with E-state index in [1.54, 1.807) is 31.3 Å². The molecule has 0 fully saturated rings. The molecule has 6 nitrogen and oxygen atoms in total. The van der Waals surface area contributed by atoms with Gasteiger partial charge in [0.25, 0.3) is 5.91 Å². The Morgan fingerprint density at radius 3 is 2.48 bits per heavy atom. The number of carbonyl (C=O) groups is 1. The molecule has 1 amide bonds. The maximum Gasteiger partial charge on any atom is 0.260 e. The summed E-state index contributed by atoms with van der Waals surface area (Å²) in [5, 5.41) is 0.524. The predicted molar refractivity (Wildman–Crippen MR) is 114 cm³/mol. The summed E-state index contributed by atoms with van der Waals surface area (Å²) in [4.78, 5) is 21.5. The molecule has 8 heteroatoms. The summed E-state index contributed by atoms with van der Waals surface area (Å²) >= 11 is 1.35. The normalized spacial score (nSPS) is 11.1. The fourth-order valence-electron chi connectivity index (χ4n) is 3.00. The van der Waals surface area contributed by atoms with Crippen molar-refractivity contribution >= 4 is 32.6 Å². The van der Waals surface area contributed by atoms with Crippen LogP contribution in [-0.2, 0) is 0 Å². The molecule has 29 heavy (non-hydrogen) atoms. The molecular weight excluding hydrogens is 393 g/mol. The highest BCUT2D eigenvalue weighted by Gasteiger charge is 2.23. The van der Waals surface area contributed by atoms with Crippen molar-refractivity contribution < 1.29 is 18.7 Å². The number of methoxy groups -OCH3 is 2. The molecular formula is C21H24FN3O3S. The Kier molecular flexibility index (Phi) is 6.66. The van der Waals surface area contributed by atoms with Gasteiger partial charge in [-0.05, 0) is 57.4 Å². The maximum atomic E-state index is 13.7. The molecule has 154 valence electrons. The second-order valence-electron chi connectivity index (χ2n) is 6.77. The molecule has 0 unspecified atom stereocenters. The van der Waals surface area contributed by atoms with Gasteiger partial charge in [0.15, 0.2) is 5.13 Å². The number of hydrogen-bond acceptors (Lipinski definition) is 6. The number of fused-ring (bicyclic) bond motifs is 1. The van der Waals surface area contributed by atoms with E-state index >= 15 is 0 Å². The van der Waals surface area contributed by atoms with Gasteiger partial charge in [-0.2, -0.15) is 0 Å². The molecule has 3 aromatic rings. The summed E-state index contributed by atoms with van der Waals surface area (Å²) in [7, 11) is 7.12. The van der Waals surface area contributed by atoms with Crippen molar-refractivity contribution in [1.82, 2.24) is 9.88 Å². The van der Waals surface area contributed by atoms with Crippen LogP contribution in [0.2, 0.25) is 0 Å². The highest BCUT2D eigenvalue weighted by Crippen LogP contribution is 2.40. The Morgan fingerprint density at radius 1 is 1.10 bits per heavy atom. The maximum absolute atomic E-state index is 13.7. The van der Waals surface area contributed by atoms with E-state index < -0.39 is 5.82 Å². The number of thiazole rings is 1. The average Bonchev–Trinajstić information content (AvgIpc) is 3.14. The third kappa shape index (κ3) is 4.65. The number of halogens is 1. The number of anilines is 1. The fourth-order valence-corrected chi connectivity index (χ4v) is 4.09. The van der Waals surface area contributed by atoms with E-state index in [-0.39, 0.29) is 11.5 Å². The monoisotopic (exact) mass is 417 g/mol. The predicted octanol–water partition coefficient (Wildman–Crippen LogP) is 4.05. The molecule has 0 radical (unpaired) electrons. The Morgan fingerprint density at radius 2 is 1.83 bits per heavy atom. The van der Waals surface area contributed by atoms with Crippen LogP contribution in [-0.4, -0.2) is 57.2 Å². The zero-order valence-electron chi connectivity index (χ0n) is 16.9. The average molecular weight is 418 g/mol. The van der Waals surface area contributed by atoms with E-state index in [0.717, 1.165) is 17.7 Å². The Labute approximate surface area is 173 Å². The lowest BCUT2D eigenvalue weighted by Gasteiger charge is -2.21. The first-order chi connectivity index (χ1) is 13.9. The third-order valence-electron chi connectivity index (χ3n) is 4.43. The molecule has 0 spiro atoms. The van der Waals surface area contributed by atoms with Crippen LogP contribution in [0.4, 0.5) is 9.52 Å². The van der Waals surface area contributed by atoms with Gasteiger partial charge in [-0.15, -0.1) is 0 Å². The fraction of sp³-hybridized carbons (Fsp3) is 0.333. The van der Waals surface area contributed by atoms with Crippen LogP contribution in [0.1, 0.15) is 16.8 Å².